The summed E-state index contributed by atoms with van der Waals surface area (Å²) in [6.07, 6.45) is -3.64. The van der Waals surface area contributed by atoms with Crippen LogP contribution in [0.3, 0.4) is 0 Å². The number of benzene rings is 2. The molecule has 0 amide bonds. The maximum atomic E-state index is 14.3. The number of nitrogens with zero attached hydrogens (tertiary/aromatic N) is 2. The molecule has 15 heteroatoms. The maximum Gasteiger partial charge on any atom is 0.434 e. The normalized spacial score (nSPS) is 15.0. The molecule has 0 bridgehead atoms. The van der Waals surface area contributed by atoms with Crippen molar-refractivity contribution >= 4 is 52.6 Å². The Bertz CT molecular complexity index is 1780. The van der Waals surface area contributed by atoms with E-state index in [9.17, 15) is 27.6 Å². The van der Waals surface area contributed by atoms with Gasteiger partial charge in [0.25, 0.3) is 5.56 Å². The molecule has 1 aromatic heterocycles. The van der Waals surface area contributed by atoms with Crippen molar-refractivity contribution in [2.75, 3.05) is 26.4 Å². The second-order valence-electron chi connectivity index (χ2n) is 8.97. The van der Waals surface area contributed by atoms with Crippen molar-refractivity contribution < 1.29 is 41.7 Å². The van der Waals surface area contributed by atoms with Gasteiger partial charge in [-0.1, -0.05) is 46.7 Å². The summed E-state index contributed by atoms with van der Waals surface area (Å²) in [6, 6.07) is 7.14. The average molecular weight is 673 g/mol. The van der Waals surface area contributed by atoms with E-state index < -0.39 is 47.6 Å². The SMILES string of the molecule is CCOC(=O)COc1c(Cl)cc(/C=c2\sc3n(c2=O)[C@H](c2ccc(Cl)cc2)C(C(=O)OCC)=C(C(F)(F)F)N=3)cc1OCC. The lowest BCUT2D eigenvalue weighted by Crippen LogP contribution is -2.41. The van der Waals surface area contributed by atoms with Gasteiger partial charge < -0.3 is 18.9 Å². The molecule has 0 aliphatic carbocycles. The predicted octanol–water partition coefficient (Wildman–Crippen LogP) is 4.99. The third-order valence-corrected chi connectivity index (χ3v) is 7.57. The summed E-state index contributed by atoms with van der Waals surface area (Å²) in [6.45, 7) is 4.55. The van der Waals surface area contributed by atoms with Crippen LogP contribution < -0.4 is 24.4 Å². The largest absolute Gasteiger partial charge is 0.490 e. The molecule has 2 aromatic carbocycles. The molecule has 234 valence electrons. The van der Waals surface area contributed by atoms with Crippen LogP contribution in [0.5, 0.6) is 11.5 Å². The van der Waals surface area contributed by atoms with E-state index >= 15 is 0 Å². The first-order chi connectivity index (χ1) is 20.9. The Labute approximate surface area is 262 Å². The molecule has 44 heavy (non-hydrogen) atoms. The van der Waals surface area contributed by atoms with E-state index in [1.807, 2.05) is 0 Å². The van der Waals surface area contributed by atoms with Crippen LogP contribution in [0.2, 0.25) is 10.0 Å². The summed E-state index contributed by atoms with van der Waals surface area (Å²) in [5.74, 6) is -1.65. The number of carbonyl (C=O) groups is 2. The molecule has 0 radical (unpaired) electrons. The molecule has 9 nitrogen and oxygen atoms in total. The fraction of sp³-hybridized carbons (Fsp3) is 0.310. The molecule has 0 unspecified atom stereocenters. The van der Waals surface area contributed by atoms with Crippen LogP contribution in [0, 0.1) is 0 Å². The molecule has 0 saturated carbocycles. The molecular weight excluding hydrogens is 648 g/mol. The van der Waals surface area contributed by atoms with Gasteiger partial charge in [-0.15, -0.1) is 0 Å². The zero-order valence-corrected chi connectivity index (χ0v) is 25.8. The lowest BCUT2D eigenvalue weighted by Gasteiger charge is -2.26. The molecule has 1 aliphatic heterocycles. The van der Waals surface area contributed by atoms with Gasteiger partial charge in [0.05, 0.1) is 41.0 Å². The molecule has 0 fully saturated rings. The first-order valence-electron chi connectivity index (χ1n) is 13.2. The number of hydrogen-bond donors (Lipinski definition) is 0. The first-order valence-corrected chi connectivity index (χ1v) is 14.8. The number of fused-ring (bicyclic) bond motifs is 1. The van der Waals surface area contributed by atoms with Crippen LogP contribution in [0.4, 0.5) is 13.2 Å². The number of aromatic nitrogens is 1. The van der Waals surface area contributed by atoms with Crippen molar-refractivity contribution in [1.82, 2.24) is 4.57 Å². The summed E-state index contributed by atoms with van der Waals surface area (Å²) >= 11 is 13.1. The van der Waals surface area contributed by atoms with Crippen LogP contribution in [0.25, 0.3) is 6.08 Å². The molecule has 1 aliphatic rings. The number of rotatable bonds is 10. The minimum Gasteiger partial charge on any atom is -0.490 e. The van der Waals surface area contributed by atoms with E-state index in [-0.39, 0.29) is 51.2 Å². The highest BCUT2D eigenvalue weighted by molar-refractivity contribution is 7.07. The smallest absolute Gasteiger partial charge is 0.434 e. The Balaban J connectivity index is 1.91. The number of carbonyl (C=O) groups excluding carboxylic acids is 2. The van der Waals surface area contributed by atoms with Gasteiger partial charge in [0.1, 0.15) is 0 Å². The highest BCUT2D eigenvalue weighted by Crippen LogP contribution is 2.39. The molecule has 3 aromatic rings. The third kappa shape index (κ3) is 7.11. The number of thiazole rings is 1. The Morgan fingerprint density at radius 1 is 1.02 bits per heavy atom. The summed E-state index contributed by atoms with van der Waals surface area (Å²) < 4.78 is 64.9. The zero-order chi connectivity index (χ0) is 32.2. The van der Waals surface area contributed by atoms with Crippen molar-refractivity contribution in [3.05, 3.63) is 88.5 Å². The van der Waals surface area contributed by atoms with Gasteiger partial charge >= 0.3 is 18.1 Å². The number of esters is 2. The van der Waals surface area contributed by atoms with Gasteiger partial charge in [0, 0.05) is 5.02 Å². The summed E-state index contributed by atoms with van der Waals surface area (Å²) in [5.41, 5.74) is -2.48. The van der Waals surface area contributed by atoms with Crippen LogP contribution in [0.15, 0.2) is 57.5 Å². The number of allylic oxidation sites excluding steroid dienone is 1. The highest BCUT2D eigenvalue weighted by Gasteiger charge is 2.45. The Hall–Kier alpha value is -3.81. The van der Waals surface area contributed by atoms with Gasteiger partial charge in [0.15, 0.2) is 28.6 Å². The van der Waals surface area contributed by atoms with Crippen molar-refractivity contribution in [3.63, 3.8) is 0 Å². The molecule has 0 saturated heterocycles. The average Bonchev–Trinajstić information content (AvgIpc) is 3.26. The van der Waals surface area contributed by atoms with Crippen molar-refractivity contribution in [2.24, 2.45) is 4.99 Å². The number of halogens is 5. The van der Waals surface area contributed by atoms with Crippen molar-refractivity contribution in [2.45, 2.75) is 33.0 Å². The van der Waals surface area contributed by atoms with Gasteiger partial charge in [-0.25, -0.2) is 14.6 Å². The third-order valence-electron chi connectivity index (χ3n) is 6.05. The molecule has 1 atom stereocenters. The highest BCUT2D eigenvalue weighted by atomic mass is 35.5. The second kappa shape index (κ2) is 13.9. The summed E-state index contributed by atoms with van der Waals surface area (Å²) in [4.78, 5) is 42.0. The maximum absolute atomic E-state index is 14.3. The quantitative estimate of drug-likeness (QED) is 0.280. The van der Waals surface area contributed by atoms with Gasteiger partial charge in [-0.2, -0.15) is 13.2 Å². The van der Waals surface area contributed by atoms with Gasteiger partial charge in [0.2, 0.25) is 0 Å². The predicted molar refractivity (Wildman–Crippen MR) is 157 cm³/mol. The fourth-order valence-corrected chi connectivity index (χ4v) is 5.76. The topological polar surface area (TPSA) is 105 Å². The summed E-state index contributed by atoms with van der Waals surface area (Å²) in [5, 5.41) is 0.345. The lowest BCUT2D eigenvalue weighted by atomic mass is 9.95. The van der Waals surface area contributed by atoms with Crippen LogP contribution in [-0.2, 0) is 19.1 Å². The van der Waals surface area contributed by atoms with Crippen LogP contribution >= 0.6 is 34.5 Å². The lowest BCUT2D eigenvalue weighted by molar-refractivity contribution is -0.145. The van der Waals surface area contributed by atoms with E-state index in [0.717, 1.165) is 4.57 Å². The van der Waals surface area contributed by atoms with E-state index in [0.29, 0.717) is 21.9 Å². The van der Waals surface area contributed by atoms with E-state index in [1.165, 1.54) is 49.4 Å². The number of hydrogen-bond acceptors (Lipinski definition) is 9. The zero-order valence-electron chi connectivity index (χ0n) is 23.5. The Morgan fingerprint density at radius 2 is 1.70 bits per heavy atom. The number of alkyl halides is 3. The first kappa shape index (κ1) is 33.1. The van der Waals surface area contributed by atoms with E-state index in [2.05, 4.69) is 4.99 Å². The Kier molecular flexibility index (Phi) is 10.4. The molecule has 0 spiro atoms. The molecule has 0 N–H and O–H groups in total. The van der Waals surface area contributed by atoms with Crippen molar-refractivity contribution in [1.29, 1.82) is 0 Å². The minimum absolute atomic E-state index is 0.00643. The van der Waals surface area contributed by atoms with E-state index in [1.54, 1.807) is 13.8 Å². The van der Waals surface area contributed by atoms with Crippen LogP contribution in [-0.4, -0.2) is 49.1 Å². The van der Waals surface area contributed by atoms with Crippen molar-refractivity contribution in [3.8, 4) is 11.5 Å². The van der Waals surface area contributed by atoms with E-state index in [4.69, 9.17) is 42.1 Å². The van der Waals surface area contributed by atoms with Crippen LogP contribution in [0.1, 0.15) is 37.9 Å². The van der Waals surface area contributed by atoms with Gasteiger partial charge in [-0.05, 0) is 62.2 Å². The molecular formula is C29H25Cl2F3N2O7S. The molecule has 2 heterocycles. The second-order valence-corrected chi connectivity index (χ2v) is 10.8. The summed E-state index contributed by atoms with van der Waals surface area (Å²) in [7, 11) is 0. The minimum atomic E-state index is -5.04. The fourth-order valence-electron chi connectivity index (χ4n) is 4.36. The number of ether oxygens (including phenoxy) is 4. The molecule has 4 rings (SSSR count). The monoisotopic (exact) mass is 672 g/mol. The Morgan fingerprint density at radius 3 is 2.32 bits per heavy atom. The van der Waals surface area contributed by atoms with Gasteiger partial charge in [-0.3, -0.25) is 9.36 Å². The standard InChI is InChI=1S/C29H25Cl2F3N2O7S/c1-4-40-19-12-15(11-18(31)24(19)43-14-21(37)41-5-2)13-20-26(38)36-23(16-7-9-17(30)10-8-16)22(27(39)42-6-3)25(29(32,33)34)35-28(36)44-20/h7-13,23H,4-6,14H2,1-3H3/b20-13-/t23-/m1/s1.